The molecule has 0 amide bonds. The highest BCUT2D eigenvalue weighted by Gasteiger charge is 2.15. The van der Waals surface area contributed by atoms with Crippen LogP contribution in [0.3, 0.4) is 0 Å². The van der Waals surface area contributed by atoms with Crippen molar-refractivity contribution in [1.82, 2.24) is 5.32 Å². The van der Waals surface area contributed by atoms with Gasteiger partial charge in [0.25, 0.3) is 0 Å². The number of morpholine rings is 1. The zero-order valence-corrected chi connectivity index (χ0v) is 5.67. The summed E-state index contributed by atoms with van der Waals surface area (Å²) in [6, 6.07) is 0. The molecule has 0 unspecified atom stereocenters. The molecular weight excluding hydrogens is 134 g/mol. The normalized spacial score (nSPS) is 26.2. The number of nitrogens with one attached hydrogen (secondary N) is 1. The second kappa shape index (κ2) is 3.53. The van der Waals surface area contributed by atoms with Crippen LogP contribution in [0, 0.1) is 0 Å². The number of carbonyl (C=O) groups is 1. The van der Waals surface area contributed by atoms with Gasteiger partial charge in [-0.1, -0.05) is 0 Å². The van der Waals surface area contributed by atoms with Gasteiger partial charge in [-0.25, -0.2) is 0 Å². The molecule has 0 aromatic rings. The van der Waals surface area contributed by atoms with Crippen molar-refractivity contribution in [3.05, 3.63) is 0 Å². The van der Waals surface area contributed by atoms with Crippen molar-refractivity contribution in [2.24, 2.45) is 0 Å². The maximum atomic E-state index is 10.2. The minimum absolute atomic E-state index is 0.104. The van der Waals surface area contributed by atoms with E-state index in [4.69, 9.17) is 9.84 Å². The van der Waals surface area contributed by atoms with Crippen LogP contribution in [0.4, 0.5) is 0 Å². The molecule has 1 rings (SSSR count). The van der Waals surface area contributed by atoms with E-state index in [2.05, 4.69) is 5.32 Å². The summed E-state index contributed by atoms with van der Waals surface area (Å²) < 4.78 is 5.15. The van der Waals surface area contributed by atoms with E-state index < -0.39 is 5.97 Å². The van der Waals surface area contributed by atoms with Crippen molar-refractivity contribution in [3.63, 3.8) is 0 Å². The Labute approximate surface area is 59.2 Å². The van der Waals surface area contributed by atoms with Crippen molar-refractivity contribution in [3.8, 4) is 0 Å². The Morgan fingerprint density at radius 1 is 1.80 bits per heavy atom. The summed E-state index contributed by atoms with van der Waals surface area (Å²) in [7, 11) is 0. The lowest BCUT2D eigenvalue weighted by atomic mass is 10.2. The fourth-order valence-electron chi connectivity index (χ4n) is 0.946. The number of aliphatic carboxylic acids is 1. The van der Waals surface area contributed by atoms with Gasteiger partial charge in [-0.05, 0) is 0 Å². The van der Waals surface area contributed by atoms with E-state index in [9.17, 15) is 4.79 Å². The Hall–Kier alpha value is -0.610. The van der Waals surface area contributed by atoms with Crippen molar-refractivity contribution in [2.45, 2.75) is 12.5 Å². The van der Waals surface area contributed by atoms with Gasteiger partial charge in [0.1, 0.15) is 0 Å². The number of hydrogen-bond donors (Lipinski definition) is 2. The molecule has 1 aliphatic heterocycles. The third kappa shape index (κ3) is 2.33. The third-order valence-corrected chi connectivity index (χ3v) is 1.41. The molecule has 1 fully saturated rings. The molecular formula is C6H11NO3. The quantitative estimate of drug-likeness (QED) is 0.547. The second-order valence-corrected chi connectivity index (χ2v) is 2.29. The zero-order chi connectivity index (χ0) is 7.40. The smallest absolute Gasteiger partial charge is 0.306 e. The highest BCUT2D eigenvalue weighted by molar-refractivity contribution is 5.67. The van der Waals surface area contributed by atoms with E-state index in [1.165, 1.54) is 0 Å². The number of rotatable bonds is 2. The molecule has 1 saturated heterocycles. The number of hydrogen-bond acceptors (Lipinski definition) is 3. The van der Waals surface area contributed by atoms with Crippen LogP contribution in [-0.2, 0) is 9.53 Å². The number of carboxylic acid groups (broad SMARTS) is 1. The van der Waals surface area contributed by atoms with Crippen LogP contribution >= 0.6 is 0 Å². The highest BCUT2D eigenvalue weighted by Crippen LogP contribution is 2.00. The van der Waals surface area contributed by atoms with Crippen molar-refractivity contribution in [1.29, 1.82) is 0 Å². The van der Waals surface area contributed by atoms with E-state index in [0.29, 0.717) is 13.2 Å². The van der Waals surface area contributed by atoms with Crippen LogP contribution in [-0.4, -0.2) is 36.9 Å². The molecule has 0 aromatic heterocycles. The van der Waals surface area contributed by atoms with E-state index in [1.807, 2.05) is 0 Å². The Balaban J connectivity index is 2.19. The summed E-state index contributed by atoms with van der Waals surface area (Å²) >= 11 is 0. The molecule has 0 aromatic carbocycles. The molecule has 0 spiro atoms. The van der Waals surface area contributed by atoms with Crippen LogP contribution in [0.25, 0.3) is 0 Å². The summed E-state index contributed by atoms with van der Waals surface area (Å²) in [6.07, 6.45) is -0.0289. The topological polar surface area (TPSA) is 58.6 Å². The minimum Gasteiger partial charge on any atom is -0.481 e. The van der Waals surface area contributed by atoms with Crippen LogP contribution < -0.4 is 5.32 Å². The van der Waals surface area contributed by atoms with Crippen LogP contribution in [0.15, 0.2) is 0 Å². The van der Waals surface area contributed by atoms with Gasteiger partial charge in [-0.15, -0.1) is 0 Å². The first-order valence-corrected chi connectivity index (χ1v) is 3.33. The number of ether oxygens (including phenoxy) is 1. The predicted octanol–water partition coefficient (Wildman–Crippen LogP) is -0.550. The molecule has 1 heterocycles. The Morgan fingerprint density at radius 3 is 3.10 bits per heavy atom. The van der Waals surface area contributed by atoms with Gasteiger partial charge in [0.2, 0.25) is 0 Å². The Kier molecular flexibility index (Phi) is 2.65. The summed E-state index contributed by atoms with van der Waals surface area (Å²) in [5.74, 6) is -0.797. The fraction of sp³-hybridized carbons (Fsp3) is 0.833. The van der Waals surface area contributed by atoms with Gasteiger partial charge in [0, 0.05) is 13.1 Å². The van der Waals surface area contributed by atoms with Gasteiger partial charge in [-0.2, -0.15) is 0 Å². The average Bonchev–Trinajstić information content (AvgIpc) is 1.88. The molecule has 0 saturated carbocycles. The minimum atomic E-state index is -0.797. The molecule has 4 nitrogen and oxygen atoms in total. The number of carboxylic acids is 1. The van der Waals surface area contributed by atoms with E-state index >= 15 is 0 Å². The molecule has 2 N–H and O–H groups in total. The zero-order valence-electron chi connectivity index (χ0n) is 5.67. The lowest BCUT2D eigenvalue weighted by Gasteiger charge is -2.21. The van der Waals surface area contributed by atoms with Gasteiger partial charge >= 0.3 is 5.97 Å². The van der Waals surface area contributed by atoms with Crippen molar-refractivity contribution in [2.75, 3.05) is 19.7 Å². The molecule has 0 radical (unpaired) electrons. The average molecular weight is 145 g/mol. The highest BCUT2D eigenvalue weighted by atomic mass is 16.5. The van der Waals surface area contributed by atoms with Gasteiger partial charge < -0.3 is 15.2 Å². The molecule has 1 atom stereocenters. The summed E-state index contributed by atoms with van der Waals surface area (Å²) in [5.41, 5.74) is 0. The van der Waals surface area contributed by atoms with Gasteiger partial charge in [0.15, 0.2) is 0 Å². The first-order valence-electron chi connectivity index (χ1n) is 3.33. The molecule has 0 bridgehead atoms. The molecule has 0 aliphatic carbocycles. The van der Waals surface area contributed by atoms with Gasteiger partial charge in [-0.3, -0.25) is 4.79 Å². The first-order chi connectivity index (χ1) is 4.79. The molecule has 58 valence electrons. The van der Waals surface area contributed by atoms with E-state index in [1.54, 1.807) is 0 Å². The van der Waals surface area contributed by atoms with E-state index in [-0.39, 0.29) is 12.5 Å². The monoisotopic (exact) mass is 145 g/mol. The second-order valence-electron chi connectivity index (χ2n) is 2.29. The van der Waals surface area contributed by atoms with Crippen molar-refractivity contribution >= 4 is 5.97 Å². The summed E-state index contributed by atoms with van der Waals surface area (Å²) in [6.45, 7) is 2.11. The third-order valence-electron chi connectivity index (χ3n) is 1.41. The fourth-order valence-corrected chi connectivity index (χ4v) is 0.946. The Bertz CT molecular complexity index is 120. The van der Waals surface area contributed by atoms with E-state index in [0.717, 1.165) is 6.54 Å². The SMILES string of the molecule is O=C(O)C[C@H]1CNCCO1. The molecule has 4 heteroatoms. The van der Waals surface area contributed by atoms with Gasteiger partial charge in [0.05, 0.1) is 19.1 Å². The maximum Gasteiger partial charge on any atom is 0.306 e. The van der Waals surface area contributed by atoms with Crippen LogP contribution in [0.5, 0.6) is 0 Å². The summed E-state index contributed by atoms with van der Waals surface area (Å²) in [4.78, 5) is 10.2. The van der Waals surface area contributed by atoms with Crippen LogP contribution in [0.1, 0.15) is 6.42 Å². The molecule has 10 heavy (non-hydrogen) atoms. The maximum absolute atomic E-state index is 10.2. The predicted molar refractivity (Wildman–Crippen MR) is 34.9 cm³/mol. The Morgan fingerprint density at radius 2 is 2.60 bits per heavy atom. The standard InChI is InChI=1S/C6H11NO3/c8-6(9)3-5-4-7-1-2-10-5/h5,7H,1-4H2,(H,8,9)/t5-/m0/s1. The van der Waals surface area contributed by atoms with Crippen molar-refractivity contribution < 1.29 is 14.6 Å². The lowest BCUT2D eigenvalue weighted by molar-refractivity contribution is -0.140. The lowest BCUT2D eigenvalue weighted by Crippen LogP contribution is -2.39. The molecule has 1 aliphatic rings. The first kappa shape index (κ1) is 7.50. The largest absolute Gasteiger partial charge is 0.481 e. The van der Waals surface area contributed by atoms with Crippen LogP contribution in [0.2, 0.25) is 0 Å². The summed E-state index contributed by atoms with van der Waals surface area (Å²) in [5, 5.41) is 11.4.